The van der Waals surface area contributed by atoms with Crippen molar-refractivity contribution < 1.29 is 5.11 Å². The number of thiol groups is 1. The van der Waals surface area contributed by atoms with Crippen molar-refractivity contribution in [3.05, 3.63) is 23.1 Å². The molecule has 0 aliphatic rings. The molecule has 2 nitrogen and oxygen atoms in total. The van der Waals surface area contributed by atoms with Gasteiger partial charge in [0, 0.05) is 15.7 Å². The molecule has 0 amide bonds. The highest BCUT2D eigenvalue weighted by Crippen LogP contribution is 2.35. The van der Waals surface area contributed by atoms with Crippen LogP contribution in [0.4, 0.5) is 0 Å². The smallest absolute Gasteiger partial charge is 0.134 e. The first kappa shape index (κ1) is 8.42. The average molecular weight is 207 g/mol. The molecule has 13 heavy (non-hydrogen) atoms. The van der Waals surface area contributed by atoms with Gasteiger partial charge in [0.25, 0.3) is 0 Å². The molecule has 0 aliphatic carbocycles. The maximum atomic E-state index is 9.42. The summed E-state index contributed by atoms with van der Waals surface area (Å²) in [6, 6.07) is 5.53. The molecule has 0 saturated heterocycles. The number of thiophene rings is 1. The lowest BCUT2D eigenvalue weighted by molar-refractivity contribution is 0.483. The van der Waals surface area contributed by atoms with E-state index in [4.69, 9.17) is 5.26 Å². The van der Waals surface area contributed by atoms with Gasteiger partial charge in [0.2, 0.25) is 0 Å². The van der Waals surface area contributed by atoms with Crippen LogP contribution >= 0.6 is 24.0 Å². The number of fused-ring (bicyclic) bond motifs is 1. The molecule has 0 fully saturated rings. The zero-order valence-electron chi connectivity index (χ0n) is 6.48. The Balaban J connectivity index is 2.94. The van der Waals surface area contributed by atoms with Crippen LogP contribution in [0.15, 0.2) is 22.4 Å². The van der Waals surface area contributed by atoms with E-state index in [1.807, 2.05) is 0 Å². The van der Waals surface area contributed by atoms with Crippen LogP contribution in [0.3, 0.4) is 0 Å². The van der Waals surface area contributed by atoms with Gasteiger partial charge in [-0.2, -0.15) is 5.26 Å². The molecule has 0 bridgehead atoms. The quantitative estimate of drug-likeness (QED) is 0.652. The Bertz CT molecular complexity index is 510. The Labute approximate surface area is 84.5 Å². The summed E-state index contributed by atoms with van der Waals surface area (Å²) < 4.78 is 0.817. The van der Waals surface area contributed by atoms with Crippen LogP contribution < -0.4 is 0 Å². The molecule has 4 heteroatoms. The Morgan fingerprint density at radius 3 is 2.92 bits per heavy atom. The maximum Gasteiger partial charge on any atom is 0.134 e. The van der Waals surface area contributed by atoms with E-state index in [0.29, 0.717) is 15.8 Å². The third-order valence-electron chi connectivity index (χ3n) is 1.76. The maximum absolute atomic E-state index is 9.42. The standard InChI is InChI=1S/C9H5NOS2/c10-3-5-1-6(12)2-7-8(11)4-13-9(5)7/h1-2,4,11-12H. The van der Waals surface area contributed by atoms with Crippen molar-refractivity contribution in [2.75, 3.05) is 0 Å². The number of rotatable bonds is 0. The Morgan fingerprint density at radius 1 is 1.46 bits per heavy atom. The average Bonchev–Trinajstić information content (AvgIpc) is 2.47. The lowest BCUT2D eigenvalue weighted by Gasteiger charge is -1.95. The van der Waals surface area contributed by atoms with Crippen LogP contribution in [0, 0.1) is 11.3 Å². The van der Waals surface area contributed by atoms with E-state index >= 15 is 0 Å². The van der Waals surface area contributed by atoms with Gasteiger partial charge in [0.05, 0.1) is 10.3 Å². The summed E-state index contributed by atoms with van der Waals surface area (Å²) in [6.07, 6.45) is 0. The fraction of sp³-hybridized carbons (Fsp3) is 0. The molecule has 2 rings (SSSR count). The van der Waals surface area contributed by atoms with Crippen LogP contribution in [-0.4, -0.2) is 5.11 Å². The second kappa shape index (κ2) is 2.95. The number of nitriles is 1. The van der Waals surface area contributed by atoms with Crippen molar-refractivity contribution in [3.8, 4) is 11.8 Å². The van der Waals surface area contributed by atoms with Crippen molar-refractivity contribution in [2.45, 2.75) is 4.90 Å². The fourth-order valence-electron chi connectivity index (χ4n) is 1.19. The van der Waals surface area contributed by atoms with Crippen LogP contribution in [0.1, 0.15) is 5.56 Å². The molecular formula is C9H5NOS2. The normalized spacial score (nSPS) is 10.2. The van der Waals surface area contributed by atoms with Gasteiger partial charge in [0.1, 0.15) is 11.8 Å². The predicted molar refractivity (Wildman–Crippen MR) is 55.5 cm³/mol. The number of aromatic hydroxyl groups is 1. The molecule has 0 atom stereocenters. The van der Waals surface area contributed by atoms with Crippen LogP contribution in [0.25, 0.3) is 10.1 Å². The molecule has 0 spiro atoms. The van der Waals surface area contributed by atoms with E-state index in [1.165, 1.54) is 11.3 Å². The first-order chi connectivity index (χ1) is 6.22. The first-order valence-electron chi connectivity index (χ1n) is 3.55. The van der Waals surface area contributed by atoms with Gasteiger partial charge in [-0.1, -0.05) is 0 Å². The van der Waals surface area contributed by atoms with E-state index in [1.54, 1.807) is 17.5 Å². The molecule has 1 aromatic heterocycles. The minimum atomic E-state index is 0.215. The van der Waals surface area contributed by atoms with Crippen molar-refractivity contribution >= 4 is 34.1 Å². The summed E-state index contributed by atoms with van der Waals surface area (Å²) in [5, 5.41) is 20.6. The number of benzene rings is 1. The highest BCUT2D eigenvalue weighted by molar-refractivity contribution is 7.80. The molecule has 2 aromatic rings. The van der Waals surface area contributed by atoms with Crippen molar-refractivity contribution in [2.24, 2.45) is 0 Å². The molecule has 1 N–H and O–H groups in total. The predicted octanol–water partition coefficient (Wildman–Crippen LogP) is 2.77. The lowest BCUT2D eigenvalue weighted by Crippen LogP contribution is -1.75. The number of nitrogens with zero attached hydrogens (tertiary/aromatic N) is 1. The molecule has 64 valence electrons. The van der Waals surface area contributed by atoms with E-state index < -0.39 is 0 Å². The summed E-state index contributed by atoms with van der Waals surface area (Å²) in [4.78, 5) is 0.692. The Kier molecular flexibility index (Phi) is 1.91. The topological polar surface area (TPSA) is 44.0 Å². The van der Waals surface area contributed by atoms with Gasteiger partial charge in [0.15, 0.2) is 0 Å². The minimum absolute atomic E-state index is 0.215. The molecule has 0 saturated carbocycles. The Hall–Kier alpha value is -1.18. The van der Waals surface area contributed by atoms with Crippen LogP contribution in [0.2, 0.25) is 0 Å². The zero-order chi connectivity index (χ0) is 9.42. The summed E-state index contributed by atoms with van der Waals surface area (Å²) >= 11 is 5.52. The molecule has 0 unspecified atom stereocenters. The second-order valence-electron chi connectivity index (χ2n) is 2.60. The lowest BCUT2D eigenvalue weighted by atomic mass is 10.2. The summed E-state index contributed by atoms with van der Waals surface area (Å²) in [6.45, 7) is 0. The monoisotopic (exact) mass is 207 g/mol. The first-order valence-corrected chi connectivity index (χ1v) is 4.88. The van der Waals surface area contributed by atoms with E-state index in [0.717, 1.165) is 4.70 Å². The van der Waals surface area contributed by atoms with Gasteiger partial charge in [-0.3, -0.25) is 0 Å². The van der Waals surface area contributed by atoms with Crippen LogP contribution in [0.5, 0.6) is 5.75 Å². The SMILES string of the molecule is N#Cc1cc(S)cc2c(O)csc12. The molecular weight excluding hydrogens is 202 g/mol. The number of hydrogen-bond acceptors (Lipinski definition) is 4. The van der Waals surface area contributed by atoms with Gasteiger partial charge in [-0.05, 0) is 12.1 Å². The highest BCUT2D eigenvalue weighted by atomic mass is 32.1. The van der Waals surface area contributed by atoms with Crippen molar-refractivity contribution in [1.29, 1.82) is 5.26 Å². The molecule has 1 aromatic carbocycles. The van der Waals surface area contributed by atoms with Gasteiger partial charge >= 0.3 is 0 Å². The van der Waals surface area contributed by atoms with Crippen LogP contribution in [-0.2, 0) is 0 Å². The van der Waals surface area contributed by atoms with Crippen molar-refractivity contribution in [1.82, 2.24) is 0 Å². The highest BCUT2D eigenvalue weighted by Gasteiger charge is 2.07. The third-order valence-corrected chi connectivity index (χ3v) is 3.03. The van der Waals surface area contributed by atoms with Crippen molar-refractivity contribution in [3.63, 3.8) is 0 Å². The van der Waals surface area contributed by atoms with Gasteiger partial charge in [-0.25, -0.2) is 0 Å². The molecule has 0 radical (unpaired) electrons. The largest absolute Gasteiger partial charge is 0.506 e. The van der Waals surface area contributed by atoms with E-state index in [-0.39, 0.29) is 5.75 Å². The Morgan fingerprint density at radius 2 is 2.23 bits per heavy atom. The molecule has 0 aliphatic heterocycles. The van der Waals surface area contributed by atoms with E-state index in [9.17, 15) is 5.11 Å². The number of hydrogen-bond donors (Lipinski definition) is 2. The summed E-state index contributed by atoms with van der Waals surface area (Å²) in [5.74, 6) is 0.215. The fourth-order valence-corrected chi connectivity index (χ4v) is 2.33. The molecule has 1 heterocycles. The third kappa shape index (κ3) is 1.26. The summed E-state index contributed by atoms with van der Waals surface area (Å²) in [7, 11) is 0. The zero-order valence-corrected chi connectivity index (χ0v) is 8.19. The van der Waals surface area contributed by atoms with Gasteiger partial charge in [-0.15, -0.1) is 24.0 Å². The second-order valence-corrected chi connectivity index (χ2v) is 4.00. The van der Waals surface area contributed by atoms with Gasteiger partial charge < -0.3 is 5.11 Å². The minimum Gasteiger partial charge on any atom is -0.506 e. The summed E-state index contributed by atoms with van der Waals surface area (Å²) in [5.41, 5.74) is 0.563. The van der Waals surface area contributed by atoms with E-state index in [2.05, 4.69) is 18.7 Å².